The average molecular weight is 262 g/mol. The number of aromatic amines is 1. The molecule has 0 bridgehead atoms. The zero-order chi connectivity index (χ0) is 13.1. The molecule has 0 aliphatic carbocycles. The Hall–Kier alpha value is -1.88. The molecule has 0 aliphatic rings. The first-order valence-electron chi connectivity index (χ1n) is 5.59. The highest BCUT2D eigenvalue weighted by molar-refractivity contribution is 7.11. The molecule has 1 aromatic heterocycles. The lowest BCUT2D eigenvalue weighted by molar-refractivity contribution is 0.0954. The zero-order valence-corrected chi connectivity index (χ0v) is 11.1. The van der Waals surface area contributed by atoms with E-state index in [0.717, 1.165) is 22.5 Å². The van der Waals surface area contributed by atoms with Crippen LogP contribution in [0, 0.1) is 13.8 Å². The van der Waals surface area contributed by atoms with Crippen molar-refractivity contribution in [2.75, 3.05) is 0 Å². The zero-order valence-electron chi connectivity index (χ0n) is 10.2. The Morgan fingerprint density at radius 1 is 1.39 bits per heavy atom. The third kappa shape index (κ3) is 2.87. The van der Waals surface area contributed by atoms with Crippen LogP contribution in [0.15, 0.2) is 29.1 Å². The quantitative estimate of drug-likeness (QED) is 0.888. The summed E-state index contributed by atoms with van der Waals surface area (Å²) in [6.07, 6.45) is 0. The number of H-pyrrole nitrogens is 1. The fourth-order valence-corrected chi connectivity index (χ4v) is 2.46. The number of rotatable bonds is 3. The molecule has 2 aromatic rings. The maximum absolute atomic E-state index is 11.9. The van der Waals surface area contributed by atoms with Crippen molar-refractivity contribution in [1.29, 1.82) is 0 Å². The van der Waals surface area contributed by atoms with Crippen LogP contribution < -0.4 is 10.2 Å². The number of carbonyl (C=O) groups is 1. The van der Waals surface area contributed by atoms with E-state index in [2.05, 4.69) is 10.3 Å². The van der Waals surface area contributed by atoms with Crippen LogP contribution in [0.4, 0.5) is 0 Å². The molecule has 1 heterocycles. The van der Waals surface area contributed by atoms with Gasteiger partial charge in [0, 0.05) is 12.2 Å². The van der Waals surface area contributed by atoms with Crippen LogP contribution in [0.1, 0.15) is 26.5 Å². The van der Waals surface area contributed by atoms with E-state index < -0.39 is 0 Å². The number of benzene rings is 1. The molecule has 4 nitrogen and oxygen atoms in total. The van der Waals surface area contributed by atoms with Crippen LogP contribution in [-0.4, -0.2) is 10.9 Å². The van der Waals surface area contributed by atoms with E-state index >= 15 is 0 Å². The first-order chi connectivity index (χ1) is 8.56. The first kappa shape index (κ1) is 12.6. The van der Waals surface area contributed by atoms with Gasteiger partial charge in [-0.1, -0.05) is 41.2 Å². The Morgan fingerprint density at radius 2 is 2.17 bits per heavy atom. The van der Waals surface area contributed by atoms with Gasteiger partial charge < -0.3 is 10.3 Å². The highest BCUT2D eigenvalue weighted by Gasteiger charge is 2.12. The van der Waals surface area contributed by atoms with E-state index in [9.17, 15) is 9.59 Å². The molecule has 18 heavy (non-hydrogen) atoms. The molecular formula is C13H14N2O2S. The van der Waals surface area contributed by atoms with Crippen molar-refractivity contribution in [2.24, 2.45) is 0 Å². The summed E-state index contributed by atoms with van der Waals surface area (Å²) >= 11 is 0.938. The highest BCUT2D eigenvalue weighted by atomic mass is 32.1. The second-order valence-electron chi connectivity index (χ2n) is 4.14. The van der Waals surface area contributed by atoms with Crippen molar-refractivity contribution in [3.05, 3.63) is 55.6 Å². The maximum atomic E-state index is 11.9. The van der Waals surface area contributed by atoms with E-state index in [1.54, 1.807) is 6.92 Å². The van der Waals surface area contributed by atoms with Gasteiger partial charge in [-0.2, -0.15) is 0 Å². The molecule has 0 fully saturated rings. The number of carbonyl (C=O) groups excluding carboxylic acids is 1. The van der Waals surface area contributed by atoms with Crippen LogP contribution in [0.5, 0.6) is 0 Å². The van der Waals surface area contributed by atoms with Gasteiger partial charge in [-0.3, -0.25) is 9.59 Å². The molecule has 94 valence electrons. The fourth-order valence-electron chi connectivity index (χ4n) is 1.71. The lowest BCUT2D eigenvalue weighted by atomic mass is 10.1. The molecule has 0 saturated carbocycles. The van der Waals surface area contributed by atoms with E-state index in [0.29, 0.717) is 17.1 Å². The summed E-state index contributed by atoms with van der Waals surface area (Å²) in [5.41, 5.74) is 2.82. The molecule has 2 rings (SSSR count). The van der Waals surface area contributed by atoms with E-state index in [1.165, 1.54) is 0 Å². The van der Waals surface area contributed by atoms with E-state index in [-0.39, 0.29) is 10.8 Å². The maximum Gasteiger partial charge on any atom is 0.305 e. The van der Waals surface area contributed by atoms with Gasteiger partial charge in [0.1, 0.15) is 4.88 Å². The Labute approximate surface area is 109 Å². The molecule has 0 atom stereocenters. The Balaban J connectivity index is 2.05. The van der Waals surface area contributed by atoms with Crippen molar-refractivity contribution in [3.8, 4) is 0 Å². The molecule has 2 N–H and O–H groups in total. The standard InChI is InChI=1S/C13H14N2O2S/c1-8-4-3-5-10(6-8)7-14-12(16)11-9(2)15-13(17)18-11/h3-6H,7H2,1-2H3,(H,14,16)(H,15,17). The van der Waals surface area contributed by atoms with Gasteiger partial charge in [-0.25, -0.2) is 0 Å². The van der Waals surface area contributed by atoms with Crippen LogP contribution in [0.2, 0.25) is 0 Å². The third-order valence-electron chi connectivity index (χ3n) is 2.57. The molecule has 0 spiro atoms. The van der Waals surface area contributed by atoms with Gasteiger partial charge in [-0.05, 0) is 19.4 Å². The number of hydrogen-bond donors (Lipinski definition) is 2. The van der Waals surface area contributed by atoms with E-state index in [1.807, 2.05) is 31.2 Å². The number of amides is 1. The van der Waals surface area contributed by atoms with Gasteiger partial charge in [0.2, 0.25) is 0 Å². The normalized spacial score (nSPS) is 10.3. The molecule has 1 aromatic carbocycles. The van der Waals surface area contributed by atoms with Crippen LogP contribution in [-0.2, 0) is 6.54 Å². The predicted octanol–water partition coefficient (Wildman–Crippen LogP) is 1.98. The van der Waals surface area contributed by atoms with Crippen LogP contribution in [0.25, 0.3) is 0 Å². The summed E-state index contributed by atoms with van der Waals surface area (Å²) in [4.78, 5) is 25.8. The van der Waals surface area contributed by atoms with Crippen molar-refractivity contribution < 1.29 is 4.79 Å². The van der Waals surface area contributed by atoms with Crippen molar-refractivity contribution in [3.63, 3.8) is 0 Å². The minimum absolute atomic E-state index is 0.201. The molecule has 5 heteroatoms. The lowest BCUT2D eigenvalue weighted by Crippen LogP contribution is -2.22. The Kier molecular flexibility index (Phi) is 3.62. The topological polar surface area (TPSA) is 62.0 Å². The average Bonchev–Trinajstić information content (AvgIpc) is 2.66. The van der Waals surface area contributed by atoms with Gasteiger partial charge in [0.25, 0.3) is 5.91 Å². The number of thiazole rings is 1. The number of hydrogen-bond acceptors (Lipinski definition) is 3. The van der Waals surface area contributed by atoms with E-state index in [4.69, 9.17) is 0 Å². The second kappa shape index (κ2) is 5.18. The monoisotopic (exact) mass is 262 g/mol. The summed E-state index contributed by atoms with van der Waals surface area (Å²) in [5.74, 6) is -0.211. The second-order valence-corrected chi connectivity index (χ2v) is 5.12. The summed E-state index contributed by atoms with van der Waals surface area (Å²) in [5, 5.41) is 2.81. The Morgan fingerprint density at radius 3 is 2.78 bits per heavy atom. The predicted molar refractivity (Wildman–Crippen MR) is 72.0 cm³/mol. The molecule has 0 aliphatic heterocycles. The van der Waals surface area contributed by atoms with Crippen molar-refractivity contribution in [2.45, 2.75) is 20.4 Å². The first-order valence-corrected chi connectivity index (χ1v) is 6.41. The number of aromatic nitrogens is 1. The molecular weight excluding hydrogens is 248 g/mol. The summed E-state index contributed by atoms with van der Waals surface area (Å²) in [6.45, 7) is 4.19. The SMILES string of the molecule is Cc1cccc(CNC(=O)c2sc(=O)[nH]c2C)c1. The van der Waals surface area contributed by atoms with Gasteiger partial charge in [-0.15, -0.1) is 0 Å². The Bertz CT molecular complexity index is 628. The lowest BCUT2D eigenvalue weighted by Gasteiger charge is -2.05. The molecule has 0 saturated heterocycles. The van der Waals surface area contributed by atoms with Gasteiger partial charge in [0.15, 0.2) is 0 Å². The summed E-state index contributed by atoms with van der Waals surface area (Å²) < 4.78 is 0. The van der Waals surface area contributed by atoms with Crippen LogP contribution in [0.3, 0.4) is 0 Å². The minimum atomic E-state index is -0.211. The molecule has 0 radical (unpaired) electrons. The van der Waals surface area contributed by atoms with Crippen molar-refractivity contribution in [1.82, 2.24) is 10.3 Å². The molecule has 0 unspecified atom stereocenters. The van der Waals surface area contributed by atoms with Gasteiger partial charge >= 0.3 is 4.87 Å². The molecule has 1 amide bonds. The minimum Gasteiger partial charge on any atom is -0.347 e. The smallest absolute Gasteiger partial charge is 0.305 e. The number of nitrogens with one attached hydrogen (secondary N) is 2. The fraction of sp³-hybridized carbons (Fsp3) is 0.231. The third-order valence-corrected chi connectivity index (χ3v) is 3.55. The summed E-state index contributed by atoms with van der Waals surface area (Å²) in [6, 6.07) is 7.94. The van der Waals surface area contributed by atoms with Gasteiger partial charge in [0.05, 0.1) is 0 Å². The number of aryl methyl sites for hydroxylation is 2. The summed E-state index contributed by atoms with van der Waals surface area (Å²) in [7, 11) is 0. The van der Waals surface area contributed by atoms with Crippen LogP contribution >= 0.6 is 11.3 Å². The highest BCUT2D eigenvalue weighted by Crippen LogP contribution is 2.08. The van der Waals surface area contributed by atoms with Crippen molar-refractivity contribution >= 4 is 17.2 Å². The largest absolute Gasteiger partial charge is 0.347 e.